The highest BCUT2D eigenvalue weighted by Gasteiger charge is 2.24. The standard InChI is InChI=1S/C37H24N2S/c1-2-10-25-22-38-31(21-24(25)9-1)23-17-19-26(20-18-23)39-32-15-7-5-13-29(32)34-27-11-3-4-12-28(27)35-30-14-6-8-16-33(30)40-37(35)36(34)39/h1-19,21-22,26H,20H2. The zero-order valence-electron chi connectivity index (χ0n) is 21.7. The number of hydrogen-bond acceptors (Lipinski definition) is 2. The molecule has 0 radical (unpaired) electrons. The Balaban J connectivity index is 1.30. The zero-order chi connectivity index (χ0) is 26.2. The summed E-state index contributed by atoms with van der Waals surface area (Å²) in [4.78, 5) is 4.79. The third-order valence-corrected chi connectivity index (χ3v) is 9.70. The number of benzene rings is 5. The molecule has 3 heteroatoms. The summed E-state index contributed by atoms with van der Waals surface area (Å²) in [6.07, 6.45) is 9.93. The van der Waals surface area contributed by atoms with Gasteiger partial charge in [0.1, 0.15) is 0 Å². The van der Waals surface area contributed by atoms with Crippen molar-refractivity contribution in [2.75, 3.05) is 0 Å². The van der Waals surface area contributed by atoms with Crippen LogP contribution in [0.25, 0.3) is 69.1 Å². The molecule has 0 saturated heterocycles. The van der Waals surface area contributed by atoms with Gasteiger partial charge in [0.25, 0.3) is 0 Å². The van der Waals surface area contributed by atoms with E-state index >= 15 is 0 Å². The lowest BCUT2D eigenvalue weighted by atomic mass is 9.98. The Labute approximate surface area is 235 Å². The first-order valence-corrected chi connectivity index (χ1v) is 14.6. The van der Waals surface area contributed by atoms with Crippen LogP contribution in [0.4, 0.5) is 0 Å². The fraction of sp³-hybridized carbons (Fsp3) is 0.0541. The fourth-order valence-electron chi connectivity index (χ4n) is 6.73. The maximum absolute atomic E-state index is 4.79. The van der Waals surface area contributed by atoms with Gasteiger partial charge in [0, 0.05) is 43.3 Å². The Morgan fingerprint density at radius 3 is 2.23 bits per heavy atom. The molecule has 3 aromatic heterocycles. The number of aromatic nitrogens is 2. The molecule has 9 rings (SSSR count). The number of fused-ring (bicyclic) bond motifs is 11. The number of pyridine rings is 1. The SMILES string of the molecule is C1=CC(n2c3ccccc3c3c4ccccc4c4c5ccccc5sc4c32)CC=C1c1cc2ccccc2cn1. The lowest BCUT2D eigenvalue weighted by Crippen LogP contribution is -2.08. The summed E-state index contributed by atoms with van der Waals surface area (Å²) in [6.45, 7) is 0. The number of para-hydroxylation sites is 1. The zero-order valence-corrected chi connectivity index (χ0v) is 22.5. The second-order valence-corrected chi connectivity index (χ2v) is 11.7. The molecule has 0 N–H and O–H groups in total. The minimum atomic E-state index is 0.223. The van der Waals surface area contributed by atoms with Gasteiger partial charge in [0.05, 0.1) is 22.0 Å². The summed E-state index contributed by atoms with van der Waals surface area (Å²) in [7, 11) is 0. The molecular weight excluding hydrogens is 504 g/mol. The van der Waals surface area contributed by atoms with Crippen molar-refractivity contribution in [2.45, 2.75) is 12.5 Å². The first-order chi connectivity index (χ1) is 19.8. The molecule has 0 amide bonds. The van der Waals surface area contributed by atoms with E-state index in [2.05, 4.69) is 126 Å². The van der Waals surface area contributed by atoms with Crippen LogP contribution in [0.2, 0.25) is 0 Å². The normalized spacial score (nSPS) is 15.7. The van der Waals surface area contributed by atoms with Gasteiger partial charge in [0.15, 0.2) is 0 Å². The number of hydrogen-bond donors (Lipinski definition) is 0. The highest BCUT2D eigenvalue weighted by Crippen LogP contribution is 2.48. The topological polar surface area (TPSA) is 17.8 Å². The van der Waals surface area contributed by atoms with Crippen LogP contribution in [0.5, 0.6) is 0 Å². The van der Waals surface area contributed by atoms with E-state index in [4.69, 9.17) is 4.98 Å². The van der Waals surface area contributed by atoms with E-state index in [1.54, 1.807) is 0 Å². The van der Waals surface area contributed by atoms with Crippen molar-refractivity contribution < 1.29 is 0 Å². The van der Waals surface area contributed by atoms with E-state index < -0.39 is 0 Å². The molecule has 0 aliphatic heterocycles. The Hall–Kier alpha value is -4.73. The molecule has 1 aliphatic carbocycles. The Bertz CT molecular complexity index is 2370. The quantitative estimate of drug-likeness (QED) is 0.218. The molecule has 3 heterocycles. The van der Waals surface area contributed by atoms with Crippen LogP contribution in [-0.4, -0.2) is 9.55 Å². The van der Waals surface area contributed by atoms with Gasteiger partial charge in [-0.05, 0) is 46.4 Å². The van der Waals surface area contributed by atoms with Crippen LogP contribution in [0.15, 0.2) is 128 Å². The summed E-state index contributed by atoms with van der Waals surface area (Å²) in [5.41, 5.74) is 4.88. The van der Waals surface area contributed by atoms with Crippen LogP contribution in [0, 0.1) is 0 Å². The van der Waals surface area contributed by atoms with Crippen molar-refractivity contribution in [2.24, 2.45) is 0 Å². The molecule has 1 aliphatic rings. The molecular formula is C37H24N2S. The van der Waals surface area contributed by atoms with Crippen LogP contribution in [0.1, 0.15) is 18.2 Å². The average Bonchev–Trinajstić information content (AvgIpc) is 3.58. The summed E-state index contributed by atoms with van der Waals surface area (Å²) in [5, 5.41) is 10.5. The van der Waals surface area contributed by atoms with E-state index in [9.17, 15) is 0 Å². The summed E-state index contributed by atoms with van der Waals surface area (Å²) < 4.78 is 5.33. The molecule has 0 bridgehead atoms. The van der Waals surface area contributed by atoms with Crippen LogP contribution < -0.4 is 0 Å². The fourth-order valence-corrected chi connectivity index (χ4v) is 8.00. The molecule has 0 fully saturated rings. The molecule has 1 unspecified atom stereocenters. The molecule has 0 spiro atoms. The first-order valence-electron chi connectivity index (χ1n) is 13.8. The molecule has 40 heavy (non-hydrogen) atoms. The lowest BCUT2D eigenvalue weighted by molar-refractivity contribution is 0.651. The molecule has 8 aromatic rings. The molecule has 188 valence electrons. The van der Waals surface area contributed by atoms with Gasteiger partial charge in [-0.3, -0.25) is 4.98 Å². The van der Waals surface area contributed by atoms with Gasteiger partial charge < -0.3 is 4.57 Å². The Morgan fingerprint density at radius 2 is 1.40 bits per heavy atom. The van der Waals surface area contributed by atoms with Crippen molar-refractivity contribution in [1.82, 2.24) is 9.55 Å². The van der Waals surface area contributed by atoms with Gasteiger partial charge in [-0.25, -0.2) is 0 Å². The third-order valence-electron chi connectivity index (χ3n) is 8.52. The van der Waals surface area contributed by atoms with Gasteiger partial charge in [0.2, 0.25) is 0 Å². The smallest absolute Gasteiger partial charge is 0.0705 e. The van der Waals surface area contributed by atoms with Crippen molar-refractivity contribution in [3.05, 3.63) is 133 Å². The predicted molar refractivity (Wildman–Crippen MR) is 172 cm³/mol. The summed E-state index contributed by atoms with van der Waals surface area (Å²) in [6, 6.07) is 37.6. The molecule has 2 nitrogen and oxygen atoms in total. The number of rotatable bonds is 2. The maximum Gasteiger partial charge on any atom is 0.0705 e. The second kappa shape index (κ2) is 8.38. The maximum atomic E-state index is 4.79. The highest BCUT2D eigenvalue weighted by atomic mass is 32.1. The predicted octanol–water partition coefficient (Wildman–Crippen LogP) is 10.4. The highest BCUT2D eigenvalue weighted by molar-refractivity contribution is 7.27. The minimum Gasteiger partial charge on any atom is -0.332 e. The van der Waals surface area contributed by atoms with Crippen molar-refractivity contribution in [3.63, 3.8) is 0 Å². The van der Waals surface area contributed by atoms with Crippen LogP contribution in [0.3, 0.4) is 0 Å². The average molecular weight is 529 g/mol. The first kappa shape index (κ1) is 22.1. The van der Waals surface area contributed by atoms with Gasteiger partial charge >= 0.3 is 0 Å². The number of thiophene rings is 1. The van der Waals surface area contributed by atoms with E-state index in [1.165, 1.54) is 69.1 Å². The van der Waals surface area contributed by atoms with E-state index in [1.807, 2.05) is 17.5 Å². The number of allylic oxidation sites excluding steroid dienone is 4. The van der Waals surface area contributed by atoms with Gasteiger partial charge in [-0.1, -0.05) is 103 Å². The third kappa shape index (κ3) is 3.07. The molecule has 5 aromatic carbocycles. The van der Waals surface area contributed by atoms with Crippen molar-refractivity contribution in [3.8, 4) is 0 Å². The lowest BCUT2D eigenvalue weighted by Gasteiger charge is -2.21. The van der Waals surface area contributed by atoms with E-state index in [0.717, 1.165) is 12.1 Å². The van der Waals surface area contributed by atoms with Gasteiger partial charge in [-0.2, -0.15) is 0 Å². The second-order valence-electron chi connectivity index (χ2n) is 10.7. The van der Waals surface area contributed by atoms with Crippen LogP contribution in [-0.2, 0) is 0 Å². The largest absolute Gasteiger partial charge is 0.332 e. The molecule has 0 saturated carbocycles. The number of nitrogens with zero attached hydrogens (tertiary/aromatic N) is 2. The van der Waals surface area contributed by atoms with Crippen molar-refractivity contribution >= 4 is 80.4 Å². The summed E-state index contributed by atoms with van der Waals surface area (Å²) in [5.74, 6) is 0. The monoisotopic (exact) mass is 528 g/mol. The van der Waals surface area contributed by atoms with E-state index in [0.29, 0.717) is 0 Å². The van der Waals surface area contributed by atoms with Crippen LogP contribution >= 0.6 is 11.3 Å². The van der Waals surface area contributed by atoms with Gasteiger partial charge in [-0.15, -0.1) is 11.3 Å². The molecule has 1 atom stereocenters. The Morgan fingerprint density at radius 1 is 0.700 bits per heavy atom. The minimum absolute atomic E-state index is 0.223. The Kier molecular flexibility index (Phi) is 4.64. The van der Waals surface area contributed by atoms with Crippen molar-refractivity contribution in [1.29, 1.82) is 0 Å². The summed E-state index contributed by atoms with van der Waals surface area (Å²) >= 11 is 1.93. The van der Waals surface area contributed by atoms with E-state index in [-0.39, 0.29) is 6.04 Å².